The molecular weight excluding hydrogens is 274 g/mol. The molecule has 0 bridgehead atoms. The minimum atomic E-state index is -0.961. The first-order chi connectivity index (χ1) is 9.62. The van der Waals surface area contributed by atoms with E-state index in [4.69, 9.17) is 4.74 Å². The summed E-state index contributed by atoms with van der Waals surface area (Å²) in [4.78, 5) is 37.1. The summed E-state index contributed by atoms with van der Waals surface area (Å²) in [5.41, 5.74) is -1.51. The second kappa shape index (κ2) is 5.20. The Labute approximate surface area is 124 Å². The maximum Gasteiger partial charge on any atom is 0.410 e. The summed E-state index contributed by atoms with van der Waals surface area (Å²) >= 11 is 0. The van der Waals surface area contributed by atoms with Gasteiger partial charge in [0.25, 0.3) is 5.91 Å². The van der Waals surface area contributed by atoms with Crippen LogP contribution in [0.5, 0.6) is 0 Å². The number of carbonyl (C=O) groups is 3. The second-order valence-corrected chi connectivity index (χ2v) is 6.88. The van der Waals surface area contributed by atoms with Crippen LogP contribution in [0, 0.1) is 5.92 Å². The molecule has 4 amide bonds. The lowest BCUT2D eigenvalue weighted by atomic mass is 9.80. The lowest BCUT2D eigenvalue weighted by Gasteiger charge is -2.39. The molecule has 0 aromatic heterocycles. The molecule has 2 saturated heterocycles. The number of imide groups is 1. The van der Waals surface area contributed by atoms with E-state index in [-0.39, 0.29) is 17.9 Å². The molecule has 2 aliphatic rings. The zero-order valence-electron chi connectivity index (χ0n) is 13.0. The molecule has 7 nitrogen and oxygen atoms in total. The average Bonchev–Trinajstić information content (AvgIpc) is 2.62. The van der Waals surface area contributed by atoms with Crippen molar-refractivity contribution < 1.29 is 19.1 Å². The lowest BCUT2D eigenvalue weighted by molar-refractivity contribution is -0.126. The summed E-state index contributed by atoms with van der Waals surface area (Å²) in [6, 6.07) is -0.475. The zero-order chi connectivity index (χ0) is 15.8. The average molecular weight is 297 g/mol. The fraction of sp³-hybridized carbons (Fsp3) is 0.786. The number of nitrogens with zero attached hydrogens (tertiary/aromatic N) is 1. The molecule has 2 aliphatic heterocycles. The van der Waals surface area contributed by atoms with Gasteiger partial charge in [0.1, 0.15) is 11.1 Å². The number of hydrogen-bond donors (Lipinski definition) is 2. The Balaban J connectivity index is 2.06. The van der Waals surface area contributed by atoms with Gasteiger partial charge in [-0.25, -0.2) is 9.59 Å². The third-order valence-corrected chi connectivity index (χ3v) is 3.96. The number of amides is 4. The number of likely N-dealkylation sites (tertiary alicyclic amines) is 1. The summed E-state index contributed by atoms with van der Waals surface area (Å²) in [6.45, 7) is 8.17. The number of piperidine rings is 1. The lowest BCUT2D eigenvalue weighted by Crippen LogP contribution is -2.56. The standard InChI is InChI=1S/C14H23N3O4/c1-13(2,3)21-12(20)17-7-5-6-9(8-17)14(4)10(18)15-11(19)16-14/h9H,5-8H2,1-4H3,(H2,15,16,18,19). The highest BCUT2D eigenvalue weighted by atomic mass is 16.6. The molecule has 0 radical (unpaired) electrons. The van der Waals surface area contributed by atoms with Crippen molar-refractivity contribution in [3.05, 3.63) is 0 Å². The van der Waals surface area contributed by atoms with E-state index in [9.17, 15) is 14.4 Å². The van der Waals surface area contributed by atoms with Crippen LogP contribution < -0.4 is 10.6 Å². The Kier molecular flexibility index (Phi) is 3.86. The first kappa shape index (κ1) is 15.6. The minimum absolute atomic E-state index is 0.120. The van der Waals surface area contributed by atoms with Crippen LogP contribution in [0.2, 0.25) is 0 Å². The van der Waals surface area contributed by atoms with E-state index in [0.717, 1.165) is 12.8 Å². The minimum Gasteiger partial charge on any atom is -0.444 e. The molecule has 0 saturated carbocycles. The van der Waals surface area contributed by atoms with Crippen molar-refractivity contribution >= 4 is 18.0 Å². The van der Waals surface area contributed by atoms with Gasteiger partial charge in [-0.2, -0.15) is 0 Å². The largest absolute Gasteiger partial charge is 0.444 e. The van der Waals surface area contributed by atoms with E-state index in [1.165, 1.54) is 0 Å². The van der Waals surface area contributed by atoms with Crippen molar-refractivity contribution in [2.24, 2.45) is 5.92 Å². The molecule has 0 aliphatic carbocycles. The first-order valence-electron chi connectivity index (χ1n) is 7.23. The molecule has 7 heteroatoms. The van der Waals surface area contributed by atoms with Crippen molar-refractivity contribution in [3.8, 4) is 0 Å². The molecule has 2 atom stereocenters. The van der Waals surface area contributed by atoms with Gasteiger partial charge < -0.3 is 15.0 Å². The van der Waals surface area contributed by atoms with Crippen LogP contribution in [0.25, 0.3) is 0 Å². The third-order valence-electron chi connectivity index (χ3n) is 3.96. The van der Waals surface area contributed by atoms with Gasteiger partial charge >= 0.3 is 12.1 Å². The van der Waals surface area contributed by atoms with E-state index < -0.39 is 17.2 Å². The molecule has 21 heavy (non-hydrogen) atoms. The van der Waals surface area contributed by atoms with Crippen LogP contribution >= 0.6 is 0 Å². The van der Waals surface area contributed by atoms with Gasteiger partial charge in [-0.3, -0.25) is 10.1 Å². The van der Waals surface area contributed by atoms with Crippen LogP contribution in [0.4, 0.5) is 9.59 Å². The zero-order valence-corrected chi connectivity index (χ0v) is 13.0. The summed E-state index contributed by atoms with van der Waals surface area (Å²) in [6.07, 6.45) is 1.19. The van der Waals surface area contributed by atoms with Crippen LogP contribution in [-0.4, -0.2) is 47.2 Å². The van der Waals surface area contributed by atoms with E-state index in [2.05, 4.69) is 10.6 Å². The van der Waals surface area contributed by atoms with Gasteiger partial charge in [0, 0.05) is 19.0 Å². The summed E-state index contributed by atoms with van der Waals surface area (Å²) in [5, 5.41) is 4.94. The molecular formula is C14H23N3O4. The Morgan fingerprint density at radius 2 is 2.05 bits per heavy atom. The predicted octanol–water partition coefficient (Wildman–Crippen LogP) is 1.23. The summed E-state index contributed by atoms with van der Waals surface area (Å²) in [7, 11) is 0. The Morgan fingerprint density at radius 1 is 1.38 bits per heavy atom. The van der Waals surface area contributed by atoms with Gasteiger partial charge in [0.05, 0.1) is 0 Å². The van der Waals surface area contributed by atoms with E-state index >= 15 is 0 Å². The van der Waals surface area contributed by atoms with Crippen LogP contribution in [-0.2, 0) is 9.53 Å². The van der Waals surface area contributed by atoms with Gasteiger partial charge in [-0.05, 0) is 40.5 Å². The number of nitrogens with one attached hydrogen (secondary N) is 2. The SMILES string of the molecule is CC(C)(C)OC(=O)N1CCCC(C2(C)NC(=O)NC2=O)C1. The quantitative estimate of drug-likeness (QED) is 0.713. The molecule has 2 N–H and O–H groups in total. The normalized spacial score (nSPS) is 29.9. The molecule has 2 fully saturated rings. The second-order valence-electron chi connectivity index (χ2n) is 6.88. The molecule has 0 spiro atoms. The fourth-order valence-corrected chi connectivity index (χ4v) is 2.78. The molecule has 0 aromatic carbocycles. The highest BCUT2D eigenvalue weighted by molar-refractivity contribution is 6.07. The summed E-state index contributed by atoms with van der Waals surface area (Å²) < 4.78 is 5.37. The Bertz CT molecular complexity index is 471. The van der Waals surface area contributed by atoms with Crippen molar-refractivity contribution in [2.75, 3.05) is 13.1 Å². The number of urea groups is 1. The monoisotopic (exact) mass is 297 g/mol. The van der Waals surface area contributed by atoms with Crippen molar-refractivity contribution in [1.29, 1.82) is 0 Å². The number of ether oxygens (including phenoxy) is 1. The molecule has 118 valence electrons. The van der Waals surface area contributed by atoms with Gasteiger partial charge in [-0.1, -0.05) is 0 Å². The Hall–Kier alpha value is -1.79. The van der Waals surface area contributed by atoms with E-state index in [1.54, 1.807) is 11.8 Å². The summed E-state index contributed by atoms with van der Waals surface area (Å²) in [5.74, 6) is -0.450. The molecule has 2 unspecified atom stereocenters. The van der Waals surface area contributed by atoms with Gasteiger partial charge in [0.2, 0.25) is 0 Å². The van der Waals surface area contributed by atoms with Crippen LogP contribution in [0.15, 0.2) is 0 Å². The van der Waals surface area contributed by atoms with Crippen molar-refractivity contribution in [2.45, 2.75) is 51.7 Å². The first-order valence-corrected chi connectivity index (χ1v) is 7.23. The number of rotatable bonds is 1. The van der Waals surface area contributed by atoms with Crippen LogP contribution in [0.1, 0.15) is 40.5 Å². The van der Waals surface area contributed by atoms with Gasteiger partial charge in [-0.15, -0.1) is 0 Å². The van der Waals surface area contributed by atoms with Crippen LogP contribution in [0.3, 0.4) is 0 Å². The highest BCUT2D eigenvalue weighted by Gasteiger charge is 2.49. The smallest absolute Gasteiger partial charge is 0.410 e. The van der Waals surface area contributed by atoms with Crippen molar-refractivity contribution in [1.82, 2.24) is 15.5 Å². The Morgan fingerprint density at radius 3 is 2.57 bits per heavy atom. The number of hydrogen-bond acceptors (Lipinski definition) is 4. The predicted molar refractivity (Wildman–Crippen MR) is 75.6 cm³/mol. The fourth-order valence-electron chi connectivity index (χ4n) is 2.78. The molecule has 2 heterocycles. The van der Waals surface area contributed by atoms with E-state index in [1.807, 2.05) is 20.8 Å². The number of carbonyl (C=O) groups excluding carboxylic acids is 3. The topological polar surface area (TPSA) is 87.7 Å². The highest BCUT2D eigenvalue weighted by Crippen LogP contribution is 2.30. The molecule has 2 rings (SSSR count). The van der Waals surface area contributed by atoms with Crippen molar-refractivity contribution in [3.63, 3.8) is 0 Å². The van der Waals surface area contributed by atoms with Gasteiger partial charge in [0.15, 0.2) is 0 Å². The molecule has 0 aromatic rings. The third kappa shape index (κ3) is 3.28. The van der Waals surface area contributed by atoms with E-state index in [0.29, 0.717) is 13.1 Å². The maximum absolute atomic E-state index is 12.1. The maximum atomic E-state index is 12.1.